The predicted octanol–water partition coefficient (Wildman–Crippen LogP) is 2.03. The topological polar surface area (TPSA) is 151 Å². The minimum atomic E-state index is -0.270. The lowest BCUT2D eigenvalue weighted by Gasteiger charge is -2.40. The van der Waals surface area contributed by atoms with Gasteiger partial charge >= 0.3 is 0 Å². The van der Waals surface area contributed by atoms with Crippen molar-refractivity contribution >= 4 is 40.9 Å². The van der Waals surface area contributed by atoms with Gasteiger partial charge in [-0.05, 0) is 49.5 Å². The third kappa shape index (κ3) is 3.83. The Morgan fingerprint density at radius 3 is 2.82 bits per heavy atom. The molecule has 1 aliphatic carbocycles. The zero-order chi connectivity index (χ0) is 26.7. The summed E-state index contributed by atoms with van der Waals surface area (Å²) in [5, 5.41) is 10.9. The van der Waals surface area contributed by atoms with E-state index in [0.717, 1.165) is 16.7 Å². The van der Waals surface area contributed by atoms with E-state index in [1.54, 1.807) is 26.7 Å². The molecule has 3 aliphatic heterocycles. The molecule has 198 valence electrons. The highest BCUT2D eigenvalue weighted by molar-refractivity contribution is 6.14. The summed E-state index contributed by atoms with van der Waals surface area (Å²) in [6.07, 6.45) is 12.2. The Bertz CT molecular complexity index is 1630. The highest BCUT2D eigenvalue weighted by atomic mass is 19.1. The molecule has 4 aliphatic rings. The highest BCUT2D eigenvalue weighted by Crippen LogP contribution is 2.37. The lowest BCUT2D eigenvalue weighted by Crippen LogP contribution is -2.51. The van der Waals surface area contributed by atoms with E-state index in [2.05, 4.69) is 25.3 Å². The first kappa shape index (κ1) is 23.4. The number of aromatic nitrogens is 6. The van der Waals surface area contributed by atoms with Gasteiger partial charge in [-0.15, -0.1) is 0 Å². The van der Waals surface area contributed by atoms with Gasteiger partial charge in [-0.25, -0.2) is 14.4 Å². The molecule has 7 rings (SSSR count). The largest absolute Gasteiger partial charge is 0.383 e. The Hall–Kier alpha value is -4.68. The number of nitrogens with zero attached hydrogens (tertiary/aromatic N) is 8. The molecule has 2 amide bonds. The fourth-order valence-electron chi connectivity index (χ4n) is 5.81. The van der Waals surface area contributed by atoms with Crippen molar-refractivity contribution in [2.45, 2.75) is 44.2 Å². The lowest BCUT2D eigenvalue weighted by atomic mass is 9.93. The van der Waals surface area contributed by atoms with E-state index >= 15 is 0 Å². The van der Waals surface area contributed by atoms with Gasteiger partial charge < -0.3 is 10.6 Å². The number of aromatic amines is 1. The average molecular weight is 529 g/mol. The number of piperidine rings is 1. The van der Waals surface area contributed by atoms with Crippen LogP contribution in [0.25, 0.3) is 11.2 Å². The van der Waals surface area contributed by atoms with E-state index in [-0.39, 0.29) is 35.5 Å². The third-order valence-electron chi connectivity index (χ3n) is 7.84. The number of anilines is 2. The number of nitrogen functional groups attached to an aromatic ring is 1. The zero-order valence-corrected chi connectivity index (χ0v) is 20.9. The van der Waals surface area contributed by atoms with Crippen LogP contribution in [0.5, 0.6) is 0 Å². The summed E-state index contributed by atoms with van der Waals surface area (Å²) in [6.45, 7) is 0.952. The van der Waals surface area contributed by atoms with Crippen LogP contribution in [0.1, 0.15) is 47.4 Å². The zero-order valence-electron chi connectivity index (χ0n) is 20.9. The standard InChI is InChI=1S/C26H25FN10O2/c27-16-1-3-20-14(10-16)9-15(11-29-20)19-12-32-37-22(28)18-2-4-21(38)36(24(18)33-25(19)37)17-5-7-35(8-6-17)26(39)23-30-13-31-34-23/h1,9-13,17,20H,2-8,28H2,(H,30,31,34). The SMILES string of the molecule is Nc1c2c(nc3c(C4=CC5=CC(F)=CCC5N=C4)cnn13)N(C1CCN(C(=O)c3ncn[nH]3)CC1)C(=O)CC2. The van der Waals surface area contributed by atoms with Gasteiger partial charge in [0.1, 0.15) is 23.8 Å². The number of likely N-dealkylation sites (tertiary alicyclic amines) is 1. The van der Waals surface area contributed by atoms with E-state index in [0.29, 0.717) is 68.0 Å². The van der Waals surface area contributed by atoms with Gasteiger partial charge in [-0.1, -0.05) is 0 Å². The number of H-pyrrole nitrogens is 1. The summed E-state index contributed by atoms with van der Waals surface area (Å²) < 4.78 is 15.5. The number of rotatable bonds is 3. The molecule has 0 spiro atoms. The van der Waals surface area contributed by atoms with Gasteiger partial charge in [0, 0.05) is 48.5 Å². The molecule has 6 heterocycles. The number of halogens is 1. The second kappa shape index (κ2) is 8.96. The van der Waals surface area contributed by atoms with E-state index in [1.165, 1.54) is 18.5 Å². The Morgan fingerprint density at radius 2 is 2.03 bits per heavy atom. The lowest BCUT2D eigenvalue weighted by molar-refractivity contribution is -0.119. The average Bonchev–Trinajstić information content (AvgIpc) is 3.63. The second-order valence-electron chi connectivity index (χ2n) is 10.1. The van der Waals surface area contributed by atoms with Crippen LogP contribution >= 0.6 is 0 Å². The Balaban J connectivity index is 1.22. The van der Waals surface area contributed by atoms with Gasteiger partial charge in [-0.2, -0.15) is 14.7 Å². The molecule has 0 saturated carbocycles. The fourth-order valence-corrected chi connectivity index (χ4v) is 5.81. The number of fused-ring (bicyclic) bond motifs is 3. The van der Waals surface area contributed by atoms with Crippen LogP contribution in [0.3, 0.4) is 0 Å². The summed E-state index contributed by atoms with van der Waals surface area (Å²) >= 11 is 0. The Kier molecular flexibility index (Phi) is 5.39. The van der Waals surface area contributed by atoms with Crippen LogP contribution in [0.15, 0.2) is 47.1 Å². The molecule has 3 aromatic rings. The highest BCUT2D eigenvalue weighted by Gasteiger charge is 2.37. The van der Waals surface area contributed by atoms with Crippen molar-refractivity contribution in [2.75, 3.05) is 23.7 Å². The van der Waals surface area contributed by atoms with Gasteiger partial charge in [-0.3, -0.25) is 24.6 Å². The number of hydrogen-bond donors (Lipinski definition) is 2. The molecular formula is C26H25FN10O2. The molecular weight excluding hydrogens is 503 g/mol. The number of nitrogens with one attached hydrogen (secondary N) is 1. The van der Waals surface area contributed by atoms with Crippen LogP contribution in [0, 0.1) is 0 Å². The van der Waals surface area contributed by atoms with E-state index < -0.39 is 0 Å². The Labute approximate surface area is 221 Å². The van der Waals surface area contributed by atoms with Crippen molar-refractivity contribution in [2.24, 2.45) is 4.99 Å². The predicted molar refractivity (Wildman–Crippen MR) is 141 cm³/mol. The van der Waals surface area contributed by atoms with Gasteiger partial charge in [0.2, 0.25) is 11.7 Å². The first-order valence-electron chi connectivity index (χ1n) is 12.9. The second-order valence-corrected chi connectivity index (χ2v) is 10.1. The minimum Gasteiger partial charge on any atom is -0.383 e. The molecule has 3 aromatic heterocycles. The molecule has 0 radical (unpaired) electrons. The van der Waals surface area contributed by atoms with Crippen molar-refractivity contribution < 1.29 is 14.0 Å². The molecule has 1 fully saturated rings. The van der Waals surface area contributed by atoms with Crippen LogP contribution in [-0.2, 0) is 11.2 Å². The number of nitrogens with two attached hydrogens (primary N) is 1. The van der Waals surface area contributed by atoms with E-state index in [4.69, 9.17) is 10.7 Å². The van der Waals surface area contributed by atoms with Crippen LogP contribution in [0.4, 0.5) is 16.0 Å². The van der Waals surface area contributed by atoms with Crippen molar-refractivity contribution in [1.82, 2.24) is 34.7 Å². The number of aliphatic imine (C=N–C) groups is 1. The maximum absolute atomic E-state index is 13.9. The number of amides is 2. The number of allylic oxidation sites excluding steroid dienone is 3. The fraction of sp³-hybridized carbons (Fsp3) is 0.346. The van der Waals surface area contributed by atoms with E-state index in [9.17, 15) is 14.0 Å². The van der Waals surface area contributed by atoms with Crippen LogP contribution in [0.2, 0.25) is 0 Å². The summed E-state index contributed by atoms with van der Waals surface area (Å²) in [6, 6.07) is -0.231. The summed E-state index contributed by atoms with van der Waals surface area (Å²) in [5.74, 6) is 0.678. The Morgan fingerprint density at radius 1 is 1.18 bits per heavy atom. The number of carbonyl (C=O) groups excluding carboxylic acids is 2. The molecule has 1 atom stereocenters. The smallest absolute Gasteiger partial charge is 0.291 e. The van der Waals surface area contributed by atoms with Gasteiger partial charge in [0.05, 0.1) is 12.2 Å². The van der Waals surface area contributed by atoms with Crippen molar-refractivity contribution in [1.29, 1.82) is 0 Å². The third-order valence-corrected chi connectivity index (χ3v) is 7.84. The molecule has 12 nitrogen and oxygen atoms in total. The maximum atomic E-state index is 13.9. The van der Waals surface area contributed by atoms with Crippen molar-refractivity contribution in [3.63, 3.8) is 0 Å². The molecule has 39 heavy (non-hydrogen) atoms. The number of hydrogen-bond acceptors (Lipinski definition) is 8. The molecule has 13 heteroatoms. The van der Waals surface area contributed by atoms with Crippen LogP contribution < -0.4 is 10.6 Å². The maximum Gasteiger partial charge on any atom is 0.291 e. The molecule has 0 aromatic carbocycles. The number of carbonyl (C=O) groups is 2. The summed E-state index contributed by atoms with van der Waals surface area (Å²) in [4.78, 5) is 42.9. The van der Waals surface area contributed by atoms with Crippen molar-refractivity contribution in [3.05, 3.63) is 59.1 Å². The minimum absolute atomic E-state index is 0.0178. The first-order valence-corrected chi connectivity index (χ1v) is 12.9. The quantitative estimate of drug-likeness (QED) is 0.528. The normalized spacial score (nSPS) is 21.4. The molecule has 1 saturated heterocycles. The van der Waals surface area contributed by atoms with Gasteiger partial charge in [0.25, 0.3) is 5.91 Å². The van der Waals surface area contributed by atoms with Gasteiger partial charge in [0.15, 0.2) is 5.65 Å². The van der Waals surface area contributed by atoms with Crippen LogP contribution in [-0.4, -0.2) is 77.9 Å². The molecule has 1 unspecified atom stereocenters. The summed E-state index contributed by atoms with van der Waals surface area (Å²) in [5.41, 5.74) is 10.1. The molecule has 3 N–H and O–H groups in total. The monoisotopic (exact) mass is 528 g/mol. The summed E-state index contributed by atoms with van der Waals surface area (Å²) in [7, 11) is 0. The molecule has 0 bridgehead atoms. The first-order chi connectivity index (χ1) is 19.0. The van der Waals surface area contributed by atoms with E-state index in [1.807, 2.05) is 6.08 Å². The van der Waals surface area contributed by atoms with Crippen molar-refractivity contribution in [3.8, 4) is 0 Å². The number of dihydropyridines is 1.